The van der Waals surface area contributed by atoms with E-state index < -0.39 is 35.6 Å². The van der Waals surface area contributed by atoms with Crippen molar-refractivity contribution < 1.29 is 29.0 Å². The van der Waals surface area contributed by atoms with Gasteiger partial charge in [-0.15, -0.1) is 0 Å². The van der Waals surface area contributed by atoms with E-state index in [2.05, 4.69) is 0 Å². The lowest BCUT2D eigenvalue weighted by Crippen LogP contribution is -2.57. The average molecular weight is 468 g/mol. The summed E-state index contributed by atoms with van der Waals surface area (Å²) in [5.41, 5.74) is -0.644. The van der Waals surface area contributed by atoms with E-state index in [0.717, 1.165) is 0 Å². The molecule has 1 aromatic rings. The number of hydrogen-bond acceptors (Lipinski definition) is 6. The first-order chi connectivity index (χ1) is 16.3. The first-order valence-electron chi connectivity index (χ1n) is 11.5. The lowest BCUT2D eigenvalue weighted by atomic mass is 9.77. The number of carbonyl (C=O) groups excluding carboxylic acids is 3. The number of aliphatic hydroxyl groups excluding tert-OH is 1. The Hall–Kier alpha value is -3.17. The lowest BCUT2D eigenvalue weighted by molar-refractivity contribution is -0.146. The third-order valence-corrected chi connectivity index (χ3v) is 7.42. The van der Waals surface area contributed by atoms with Crippen molar-refractivity contribution in [3.63, 3.8) is 0 Å². The number of benzene rings is 1. The fraction of sp³-hybridized carbons (Fsp3) is 0.480. The molecule has 0 radical (unpaired) electrons. The fourth-order valence-electron chi connectivity index (χ4n) is 5.76. The maximum absolute atomic E-state index is 14.1. The Morgan fingerprint density at radius 3 is 2.53 bits per heavy atom. The monoisotopic (exact) mass is 467 g/mol. The van der Waals surface area contributed by atoms with Gasteiger partial charge in [0.05, 0.1) is 37.7 Å². The maximum atomic E-state index is 14.1. The molecule has 1 N–H and O–H groups in total. The Balaban J connectivity index is 1.62. The van der Waals surface area contributed by atoms with Crippen LogP contribution in [-0.2, 0) is 19.1 Å². The zero-order valence-electron chi connectivity index (χ0n) is 19.5. The van der Waals surface area contributed by atoms with Crippen LogP contribution in [0.4, 0.5) is 5.69 Å². The fourth-order valence-corrected chi connectivity index (χ4v) is 5.76. The minimum atomic E-state index is -1.30. The number of likely N-dealkylation sites (N-methyl/N-ethyl adjacent to an activating group) is 1. The van der Waals surface area contributed by atoms with Gasteiger partial charge in [0.25, 0.3) is 5.91 Å². The van der Waals surface area contributed by atoms with E-state index in [0.29, 0.717) is 18.0 Å². The van der Waals surface area contributed by atoms with E-state index in [-0.39, 0.29) is 30.9 Å². The number of hydrogen-bond donors (Lipinski definition) is 1. The van der Waals surface area contributed by atoms with E-state index in [1.165, 1.54) is 4.90 Å². The zero-order chi connectivity index (χ0) is 24.2. The Morgan fingerprint density at radius 1 is 1.12 bits per heavy atom. The van der Waals surface area contributed by atoms with Gasteiger partial charge in [-0.25, -0.2) is 0 Å². The second kappa shape index (κ2) is 8.25. The van der Waals surface area contributed by atoms with Crippen LogP contribution in [0.2, 0.25) is 0 Å². The molecule has 1 unspecified atom stereocenters. The van der Waals surface area contributed by atoms with Crippen molar-refractivity contribution in [3.8, 4) is 5.75 Å². The molecule has 5 rings (SSSR count). The number of likely N-dealkylation sites (tertiary alicyclic amines) is 1. The van der Waals surface area contributed by atoms with E-state index in [1.807, 2.05) is 18.2 Å². The Bertz CT molecular complexity index is 1070. The predicted octanol–water partition coefficient (Wildman–Crippen LogP) is 0.588. The minimum absolute atomic E-state index is 0.181. The molecule has 4 heterocycles. The predicted molar refractivity (Wildman–Crippen MR) is 123 cm³/mol. The number of amides is 3. The van der Waals surface area contributed by atoms with Gasteiger partial charge in [0, 0.05) is 25.8 Å². The SMILES string of the molecule is COc1ccc(N2CC=C[C@]34O[C@@H]5C=CCN(C)C(=O)[C@@H]5[C@H]3C(=O)N([C@H](C)CO)C4C2=O)cc1. The van der Waals surface area contributed by atoms with Gasteiger partial charge in [0.15, 0.2) is 0 Å². The Morgan fingerprint density at radius 2 is 1.85 bits per heavy atom. The van der Waals surface area contributed by atoms with Crippen LogP contribution in [0.15, 0.2) is 48.6 Å². The lowest BCUT2D eigenvalue weighted by Gasteiger charge is -2.37. The van der Waals surface area contributed by atoms with Crippen molar-refractivity contribution >= 4 is 23.4 Å². The molecular weight excluding hydrogens is 438 g/mol. The Kier molecular flexibility index (Phi) is 5.49. The molecule has 2 saturated heterocycles. The van der Waals surface area contributed by atoms with Crippen molar-refractivity contribution in [1.82, 2.24) is 9.80 Å². The largest absolute Gasteiger partial charge is 0.497 e. The van der Waals surface area contributed by atoms with Crippen LogP contribution < -0.4 is 9.64 Å². The third kappa shape index (κ3) is 3.10. The number of aliphatic hydroxyl groups is 1. The van der Waals surface area contributed by atoms with Gasteiger partial charge in [0.1, 0.15) is 17.4 Å². The third-order valence-electron chi connectivity index (χ3n) is 7.42. The summed E-state index contributed by atoms with van der Waals surface area (Å²) >= 11 is 0. The summed E-state index contributed by atoms with van der Waals surface area (Å²) in [6, 6.07) is 5.49. The number of carbonyl (C=O) groups is 3. The molecule has 180 valence electrons. The first-order valence-corrected chi connectivity index (χ1v) is 11.5. The number of nitrogens with zero attached hydrogens (tertiary/aromatic N) is 3. The summed E-state index contributed by atoms with van der Waals surface area (Å²) in [7, 11) is 3.27. The average Bonchev–Trinajstić information content (AvgIpc) is 3.18. The van der Waals surface area contributed by atoms with Crippen LogP contribution >= 0.6 is 0 Å². The molecule has 0 aromatic heterocycles. The van der Waals surface area contributed by atoms with E-state index in [1.54, 1.807) is 61.2 Å². The number of methoxy groups -OCH3 is 1. The highest BCUT2D eigenvalue weighted by molar-refractivity contribution is 6.06. The highest BCUT2D eigenvalue weighted by atomic mass is 16.5. The molecule has 1 spiro atoms. The smallest absolute Gasteiger partial charge is 0.253 e. The molecule has 34 heavy (non-hydrogen) atoms. The molecule has 1 aromatic carbocycles. The number of rotatable bonds is 4. The molecule has 0 aliphatic carbocycles. The van der Waals surface area contributed by atoms with Gasteiger partial charge >= 0.3 is 0 Å². The van der Waals surface area contributed by atoms with Crippen LogP contribution in [0.5, 0.6) is 5.75 Å². The van der Waals surface area contributed by atoms with Gasteiger partial charge in [-0.3, -0.25) is 14.4 Å². The van der Waals surface area contributed by atoms with Crippen LogP contribution in [0.3, 0.4) is 0 Å². The molecule has 4 aliphatic rings. The van der Waals surface area contributed by atoms with Crippen molar-refractivity contribution in [3.05, 3.63) is 48.6 Å². The second-order valence-corrected chi connectivity index (χ2v) is 9.32. The van der Waals surface area contributed by atoms with Crippen molar-refractivity contribution in [1.29, 1.82) is 0 Å². The highest BCUT2D eigenvalue weighted by Crippen LogP contribution is 2.54. The summed E-state index contributed by atoms with van der Waals surface area (Å²) in [5, 5.41) is 9.95. The van der Waals surface area contributed by atoms with E-state index in [4.69, 9.17) is 9.47 Å². The number of fused-ring (bicyclic) bond motifs is 2. The van der Waals surface area contributed by atoms with Crippen molar-refractivity contribution in [2.24, 2.45) is 11.8 Å². The number of ether oxygens (including phenoxy) is 2. The quantitative estimate of drug-likeness (QED) is 0.651. The standard InChI is InChI=1S/C25H29N3O6/c1-15(14-29)28-21-24(32)27(16-7-9-17(33-3)10-8-16)13-5-11-25(21)20(23(28)31)19-18(34-25)6-4-12-26(2)22(19)30/h4-11,15,18-21,29H,12-14H2,1-3H3/t15-,18-,19+,20+,21?,25+/m1/s1. The molecule has 3 amide bonds. The summed E-state index contributed by atoms with van der Waals surface area (Å²) in [4.78, 5) is 45.9. The molecule has 4 aliphatic heterocycles. The van der Waals surface area contributed by atoms with Crippen molar-refractivity contribution in [2.45, 2.75) is 30.7 Å². The first kappa shape index (κ1) is 22.6. The summed E-state index contributed by atoms with van der Waals surface area (Å²) < 4.78 is 11.7. The normalized spacial score (nSPS) is 33.4. The minimum Gasteiger partial charge on any atom is -0.497 e. The van der Waals surface area contributed by atoms with Crippen LogP contribution in [0, 0.1) is 11.8 Å². The van der Waals surface area contributed by atoms with Gasteiger partial charge in [-0.05, 0) is 31.2 Å². The highest BCUT2D eigenvalue weighted by Gasteiger charge is 2.72. The summed E-state index contributed by atoms with van der Waals surface area (Å²) in [6.45, 7) is 2.11. The van der Waals surface area contributed by atoms with E-state index >= 15 is 0 Å². The summed E-state index contributed by atoms with van der Waals surface area (Å²) in [5.74, 6) is -1.76. The maximum Gasteiger partial charge on any atom is 0.253 e. The van der Waals surface area contributed by atoms with Crippen LogP contribution in [0.25, 0.3) is 0 Å². The molecular formula is C25H29N3O6. The molecule has 0 bridgehead atoms. The zero-order valence-corrected chi connectivity index (χ0v) is 19.5. The van der Waals surface area contributed by atoms with Gasteiger partial charge in [-0.1, -0.05) is 24.3 Å². The molecule has 6 atom stereocenters. The summed E-state index contributed by atoms with van der Waals surface area (Å²) in [6.07, 6.45) is 6.71. The second-order valence-electron chi connectivity index (χ2n) is 9.32. The van der Waals surface area contributed by atoms with Gasteiger partial charge in [-0.2, -0.15) is 0 Å². The van der Waals surface area contributed by atoms with Crippen molar-refractivity contribution in [2.75, 3.05) is 38.8 Å². The van der Waals surface area contributed by atoms with Gasteiger partial charge < -0.3 is 29.3 Å². The topological polar surface area (TPSA) is 99.6 Å². The molecule has 9 nitrogen and oxygen atoms in total. The molecule has 2 fully saturated rings. The molecule has 0 saturated carbocycles. The Labute approximate surface area is 198 Å². The van der Waals surface area contributed by atoms with Crippen LogP contribution in [-0.4, -0.2) is 90.3 Å². The van der Waals surface area contributed by atoms with E-state index in [9.17, 15) is 19.5 Å². The molecule has 9 heteroatoms. The van der Waals surface area contributed by atoms with Gasteiger partial charge in [0.2, 0.25) is 11.8 Å². The van der Waals surface area contributed by atoms with Crippen LogP contribution in [0.1, 0.15) is 6.92 Å². The number of anilines is 1.